The molecular formula is C12H22N6O2. The van der Waals surface area contributed by atoms with Gasteiger partial charge in [-0.3, -0.25) is 14.3 Å². The van der Waals surface area contributed by atoms with Crippen molar-refractivity contribution in [2.24, 2.45) is 0 Å². The highest BCUT2D eigenvalue weighted by Gasteiger charge is 2.18. The predicted molar refractivity (Wildman–Crippen MR) is 78.7 cm³/mol. The van der Waals surface area contributed by atoms with Crippen molar-refractivity contribution < 1.29 is 0 Å². The molecule has 0 bridgehead atoms. The van der Waals surface area contributed by atoms with E-state index >= 15 is 0 Å². The molecule has 112 valence electrons. The third kappa shape index (κ3) is 3.02. The molecule has 0 aliphatic carbocycles. The number of nitrogens with one attached hydrogen (secondary N) is 2. The Morgan fingerprint density at radius 1 is 1.25 bits per heavy atom. The standard InChI is InChI=1S/C12H22N6O2/c1-3-4-18-10(13)9(11(19)14-12(18)20)15-17-7-5-16(2)6-8-17/h15H,3-8,13H2,1-2H3,(H,14,19,20). The van der Waals surface area contributed by atoms with E-state index in [9.17, 15) is 9.59 Å². The summed E-state index contributed by atoms with van der Waals surface area (Å²) in [6, 6.07) is 0. The number of hydrazine groups is 1. The summed E-state index contributed by atoms with van der Waals surface area (Å²) in [6.45, 7) is 5.85. The molecule has 1 fully saturated rings. The van der Waals surface area contributed by atoms with Crippen molar-refractivity contribution in [1.82, 2.24) is 19.5 Å². The first-order valence-electron chi connectivity index (χ1n) is 6.85. The zero-order valence-electron chi connectivity index (χ0n) is 12.0. The summed E-state index contributed by atoms with van der Waals surface area (Å²) in [5.41, 5.74) is 8.32. The lowest BCUT2D eigenvalue weighted by Crippen LogP contribution is -2.48. The Balaban J connectivity index is 2.25. The summed E-state index contributed by atoms with van der Waals surface area (Å²) < 4.78 is 1.39. The van der Waals surface area contributed by atoms with Crippen LogP contribution in [0.25, 0.3) is 0 Å². The fraction of sp³-hybridized carbons (Fsp3) is 0.667. The van der Waals surface area contributed by atoms with Gasteiger partial charge in [0.1, 0.15) is 5.82 Å². The zero-order chi connectivity index (χ0) is 14.7. The van der Waals surface area contributed by atoms with Crippen molar-refractivity contribution in [3.05, 3.63) is 20.8 Å². The molecule has 8 nitrogen and oxygen atoms in total. The van der Waals surface area contributed by atoms with Gasteiger partial charge in [-0.05, 0) is 13.5 Å². The van der Waals surface area contributed by atoms with Crippen molar-refractivity contribution in [1.29, 1.82) is 0 Å². The SMILES string of the molecule is CCCn1c(N)c(NN2CCN(C)CC2)c(=O)[nH]c1=O. The van der Waals surface area contributed by atoms with Crippen LogP contribution in [-0.2, 0) is 6.54 Å². The molecular weight excluding hydrogens is 260 g/mol. The highest BCUT2D eigenvalue weighted by atomic mass is 16.2. The molecule has 1 saturated heterocycles. The van der Waals surface area contributed by atoms with E-state index in [1.807, 2.05) is 11.9 Å². The van der Waals surface area contributed by atoms with Gasteiger partial charge >= 0.3 is 5.69 Å². The minimum Gasteiger partial charge on any atom is -0.383 e. The van der Waals surface area contributed by atoms with E-state index in [1.165, 1.54) is 4.57 Å². The van der Waals surface area contributed by atoms with Gasteiger partial charge in [0.2, 0.25) is 0 Å². The molecule has 4 N–H and O–H groups in total. The molecule has 0 aromatic carbocycles. The van der Waals surface area contributed by atoms with Crippen molar-refractivity contribution in [2.75, 3.05) is 44.4 Å². The van der Waals surface area contributed by atoms with Crippen molar-refractivity contribution in [3.8, 4) is 0 Å². The number of aromatic amines is 1. The molecule has 1 aromatic rings. The second-order valence-corrected chi connectivity index (χ2v) is 5.07. The molecule has 20 heavy (non-hydrogen) atoms. The van der Waals surface area contributed by atoms with E-state index in [1.54, 1.807) is 0 Å². The number of hydrogen-bond acceptors (Lipinski definition) is 6. The van der Waals surface area contributed by atoms with E-state index in [2.05, 4.69) is 22.4 Å². The Kier molecular flexibility index (Phi) is 4.46. The lowest BCUT2D eigenvalue weighted by atomic mass is 10.4. The van der Waals surface area contributed by atoms with Crippen LogP contribution in [0.15, 0.2) is 9.59 Å². The first-order valence-corrected chi connectivity index (χ1v) is 6.85. The third-order valence-corrected chi connectivity index (χ3v) is 3.46. The predicted octanol–water partition coefficient (Wildman–Crippen LogP) is -0.897. The van der Waals surface area contributed by atoms with E-state index < -0.39 is 11.2 Å². The molecule has 0 unspecified atom stereocenters. The van der Waals surface area contributed by atoms with E-state index in [4.69, 9.17) is 5.73 Å². The smallest absolute Gasteiger partial charge is 0.330 e. The van der Waals surface area contributed by atoms with Gasteiger partial charge in [-0.1, -0.05) is 6.92 Å². The molecule has 0 saturated carbocycles. The topological polar surface area (TPSA) is 99.4 Å². The van der Waals surface area contributed by atoms with Crippen LogP contribution in [0.1, 0.15) is 13.3 Å². The third-order valence-electron chi connectivity index (χ3n) is 3.46. The fourth-order valence-corrected chi connectivity index (χ4v) is 2.22. The molecule has 1 aliphatic rings. The summed E-state index contributed by atoms with van der Waals surface area (Å²) in [5, 5.41) is 1.95. The number of H-pyrrole nitrogens is 1. The van der Waals surface area contributed by atoms with Gasteiger partial charge in [0.05, 0.1) is 0 Å². The quantitative estimate of drug-likeness (QED) is 0.662. The van der Waals surface area contributed by atoms with Crippen LogP contribution in [0, 0.1) is 0 Å². The Hall–Kier alpha value is -1.80. The highest BCUT2D eigenvalue weighted by molar-refractivity contribution is 5.59. The molecule has 2 heterocycles. The minimum atomic E-state index is -0.473. The molecule has 1 aromatic heterocycles. The zero-order valence-corrected chi connectivity index (χ0v) is 12.0. The average Bonchev–Trinajstić information content (AvgIpc) is 2.41. The Labute approximate surface area is 117 Å². The van der Waals surface area contributed by atoms with E-state index in [-0.39, 0.29) is 11.5 Å². The van der Waals surface area contributed by atoms with Crippen LogP contribution in [-0.4, -0.2) is 52.7 Å². The summed E-state index contributed by atoms with van der Waals surface area (Å²) in [5.74, 6) is 0.194. The van der Waals surface area contributed by atoms with Crippen molar-refractivity contribution in [3.63, 3.8) is 0 Å². The first kappa shape index (κ1) is 14.6. The lowest BCUT2D eigenvalue weighted by Gasteiger charge is -2.33. The maximum atomic E-state index is 11.9. The number of hydrogen-bond donors (Lipinski definition) is 3. The first-order chi connectivity index (χ1) is 9.52. The largest absolute Gasteiger partial charge is 0.383 e. The van der Waals surface area contributed by atoms with Gasteiger partial charge in [0.25, 0.3) is 5.56 Å². The number of nitrogen functional groups attached to an aromatic ring is 1. The van der Waals surface area contributed by atoms with Crippen LogP contribution in [0.4, 0.5) is 11.5 Å². The van der Waals surface area contributed by atoms with Gasteiger partial charge in [0.15, 0.2) is 5.69 Å². The average molecular weight is 282 g/mol. The number of aromatic nitrogens is 2. The number of anilines is 2. The summed E-state index contributed by atoms with van der Waals surface area (Å²) in [6.07, 6.45) is 0.768. The van der Waals surface area contributed by atoms with Gasteiger partial charge in [-0.15, -0.1) is 0 Å². The Morgan fingerprint density at radius 2 is 1.90 bits per heavy atom. The van der Waals surface area contributed by atoms with Gasteiger partial charge < -0.3 is 16.1 Å². The molecule has 1 aliphatic heterocycles. The highest BCUT2D eigenvalue weighted by Crippen LogP contribution is 2.12. The summed E-state index contributed by atoms with van der Waals surface area (Å²) in [7, 11) is 2.06. The number of piperazine rings is 1. The monoisotopic (exact) mass is 282 g/mol. The molecule has 0 spiro atoms. The Morgan fingerprint density at radius 3 is 2.50 bits per heavy atom. The van der Waals surface area contributed by atoms with E-state index in [0.29, 0.717) is 6.54 Å². The van der Waals surface area contributed by atoms with Gasteiger partial charge in [-0.2, -0.15) is 0 Å². The van der Waals surface area contributed by atoms with Crippen LogP contribution in [0.3, 0.4) is 0 Å². The van der Waals surface area contributed by atoms with Crippen LogP contribution in [0.2, 0.25) is 0 Å². The molecule has 0 amide bonds. The second kappa shape index (κ2) is 6.10. The lowest BCUT2D eigenvalue weighted by molar-refractivity contribution is 0.179. The summed E-state index contributed by atoms with van der Waals surface area (Å²) >= 11 is 0. The summed E-state index contributed by atoms with van der Waals surface area (Å²) in [4.78, 5) is 28.1. The number of rotatable bonds is 4. The normalized spacial score (nSPS) is 17.3. The molecule has 2 rings (SSSR count). The number of nitrogens with two attached hydrogens (primary N) is 1. The van der Waals surface area contributed by atoms with Crippen LogP contribution < -0.4 is 22.4 Å². The fourth-order valence-electron chi connectivity index (χ4n) is 2.22. The maximum Gasteiger partial charge on any atom is 0.330 e. The van der Waals surface area contributed by atoms with Crippen LogP contribution >= 0.6 is 0 Å². The maximum absolute atomic E-state index is 11.9. The minimum absolute atomic E-state index is 0.194. The van der Waals surface area contributed by atoms with Crippen LogP contribution in [0.5, 0.6) is 0 Å². The number of likely N-dealkylation sites (N-methyl/N-ethyl adjacent to an activating group) is 1. The molecule has 0 radical (unpaired) electrons. The Bertz CT molecular complexity index is 570. The van der Waals surface area contributed by atoms with E-state index in [0.717, 1.165) is 32.6 Å². The second-order valence-electron chi connectivity index (χ2n) is 5.07. The number of nitrogens with zero attached hydrogens (tertiary/aromatic N) is 3. The van der Waals surface area contributed by atoms with Crippen molar-refractivity contribution in [2.45, 2.75) is 19.9 Å². The van der Waals surface area contributed by atoms with Gasteiger partial charge in [0, 0.05) is 32.7 Å². The molecule has 8 heteroatoms. The molecule has 0 atom stereocenters. The van der Waals surface area contributed by atoms with Gasteiger partial charge in [-0.25, -0.2) is 9.80 Å². The van der Waals surface area contributed by atoms with Crippen molar-refractivity contribution >= 4 is 11.5 Å².